The fourth-order valence-corrected chi connectivity index (χ4v) is 3.97. The summed E-state index contributed by atoms with van der Waals surface area (Å²) >= 11 is 0. The molecule has 0 spiro atoms. The van der Waals surface area contributed by atoms with Crippen molar-refractivity contribution in [2.24, 2.45) is 0 Å². The van der Waals surface area contributed by atoms with Gasteiger partial charge >= 0.3 is 0 Å². The van der Waals surface area contributed by atoms with Crippen LogP contribution in [0.15, 0.2) is 0 Å². The first-order valence-electron chi connectivity index (χ1n) is 5.81. The molecule has 0 saturated heterocycles. The topological polar surface area (TPSA) is 47.6 Å². The minimum absolute atomic E-state index is 0.107. The summed E-state index contributed by atoms with van der Waals surface area (Å²) in [7, 11) is 0.107. The second-order valence-corrected chi connectivity index (χ2v) is 6.40. The van der Waals surface area contributed by atoms with Crippen LogP contribution in [-0.2, 0) is 0 Å². The minimum atomic E-state index is 0.107. The van der Waals surface area contributed by atoms with E-state index in [0.29, 0.717) is 6.42 Å². The Kier molecular flexibility index (Phi) is 11.0. The average molecular weight is 224 g/mol. The van der Waals surface area contributed by atoms with E-state index in [2.05, 4.69) is 19.1 Å². The fraction of sp³-hybridized carbons (Fsp3) is 0.833. The molecule has 0 aromatic carbocycles. The Bertz CT molecular complexity index is 215. The zero-order valence-corrected chi connectivity index (χ0v) is 10.6. The Morgan fingerprint density at radius 2 is 1.60 bits per heavy atom. The molecule has 0 heterocycles. The highest BCUT2D eigenvalue weighted by Crippen LogP contribution is 2.37. The van der Waals surface area contributed by atoms with E-state index in [1.54, 1.807) is 0 Å². The smallest absolute Gasteiger partial charge is 0.0625 e. The Morgan fingerprint density at radius 1 is 0.867 bits per heavy atom. The van der Waals surface area contributed by atoms with Crippen molar-refractivity contribution in [1.82, 2.24) is 0 Å². The second-order valence-electron chi connectivity index (χ2n) is 3.72. The first kappa shape index (κ1) is 14.4. The molecule has 0 aromatic heterocycles. The standard InChI is InChI=1S/C12H21N2P/c1-2-10-15(12-7-9-14)11-6-4-3-5-8-13/h2-7,10-12H2,1H3. The fourth-order valence-electron chi connectivity index (χ4n) is 1.58. The molecule has 0 aliphatic heterocycles. The van der Waals surface area contributed by atoms with Crippen LogP contribution in [0, 0.1) is 22.7 Å². The van der Waals surface area contributed by atoms with Gasteiger partial charge in [-0.25, -0.2) is 0 Å². The van der Waals surface area contributed by atoms with E-state index in [4.69, 9.17) is 10.5 Å². The maximum atomic E-state index is 8.55. The Morgan fingerprint density at radius 3 is 2.20 bits per heavy atom. The molecule has 0 radical (unpaired) electrons. The van der Waals surface area contributed by atoms with E-state index in [1.165, 1.54) is 31.6 Å². The number of nitriles is 2. The van der Waals surface area contributed by atoms with Gasteiger partial charge in [0.1, 0.15) is 0 Å². The van der Waals surface area contributed by atoms with Crippen molar-refractivity contribution >= 4 is 7.92 Å². The Labute approximate surface area is 95.0 Å². The molecule has 0 amide bonds. The second kappa shape index (κ2) is 11.5. The number of hydrogen-bond donors (Lipinski definition) is 0. The zero-order chi connectivity index (χ0) is 11.4. The van der Waals surface area contributed by atoms with Crippen molar-refractivity contribution in [2.45, 2.75) is 45.4 Å². The first-order valence-corrected chi connectivity index (χ1v) is 7.71. The molecule has 0 N–H and O–H groups in total. The lowest BCUT2D eigenvalue weighted by Crippen LogP contribution is -1.94. The summed E-state index contributed by atoms with van der Waals surface area (Å²) in [6.45, 7) is 2.22. The third-order valence-corrected chi connectivity index (χ3v) is 5.23. The molecule has 0 saturated carbocycles. The molecule has 1 atom stereocenters. The van der Waals surface area contributed by atoms with Crippen molar-refractivity contribution in [2.75, 3.05) is 18.5 Å². The van der Waals surface area contributed by atoms with Crippen molar-refractivity contribution in [3.05, 3.63) is 0 Å². The molecule has 1 unspecified atom stereocenters. The van der Waals surface area contributed by atoms with Gasteiger partial charge in [-0.1, -0.05) is 19.8 Å². The van der Waals surface area contributed by atoms with Crippen molar-refractivity contribution in [3.63, 3.8) is 0 Å². The van der Waals surface area contributed by atoms with Crippen LogP contribution in [0.4, 0.5) is 0 Å². The lowest BCUT2D eigenvalue weighted by molar-refractivity contribution is 0.736. The molecule has 3 heteroatoms. The summed E-state index contributed by atoms with van der Waals surface area (Å²) < 4.78 is 0. The minimum Gasteiger partial charge on any atom is -0.198 e. The van der Waals surface area contributed by atoms with Crippen LogP contribution >= 0.6 is 7.92 Å². The van der Waals surface area contributed by atoms with Gasteiger partial charge in [-0.15, -0.1) is 7.92 Å². The quantitative estimate of drug-likeness (QED) is 0.441. The predicted octanol–water partition coefficient (Wildman–Crippen LogP) is 3.88. The molecule has 84 valence electrons. The number of unbranched alkanes of at least 4 members (excludes halogenated alkanes) is 3. The van der Waals surface area contributed by atoms with Crippen LogP contribution in [-0.4, -0.2) is 18.5 Å². The molecule has 0 fully saturated rings. The van der Waals surface area contributed by atoms with Crippen LogP contribution in [0.5, 0.6) is 0 Å². The van der Waals surface area contributed by atoms with Crippen LogP contribution < -0.4 is 0 Å². The van der Waals surface area contributed by atoms with Gasteiger partial charge in [-0.2, -0.15) is 10.5 Å². The third-order valence-electron chi connectivity index (χ3n) is 2.34. The van der Waals surface area contributed by atoms with Gasteiger partial charge in [-0.3, -0.25) is 0 Å². The van der Waals surface area contributed by atoms with E-state index >= 15 is 0 Å². The molecule has 0 aliphatic rings. The highest BCUT2D eigenvalue weighted by atomic mass is 31.1. The van der Waals surface area contributed by atoms with Gasteiger partial charge in [0, 0.05) is 12.8 Å². The average Bonchev–Trinajstić information content (AvgIpc) is 2.25. The number of hydrogen-bond acceptors (Lipinski definition) is 2. The maximum Gasteiger partial charge on any atom is 0.0625 e. The lowest BCUT2D eigenvalue weighted by Gasteiger charge is -2.14. The van der Waals surface area contributed by atoms with Gasteiger partial charge in [0.05, 0.1) is 12.1 Å². The monoisotopic (exact) mass is 224 g/mol. The van der Waals surface area contributed by atoms with E-state index in [-0.39, 0.29) is 7.92 Å². The van der Waals surface area contributed by atoms with Crippen molar-refractivity contribution in [3.8, 4) is 12.1 Å². The molecule has 0 aliphatic carbocycles. The Balaban J connectivity index is 3.49. The van der Waals surface area contributed by atoms with Gasteiger partial charge in [-0.05, 0) is 31.3 Å². The van der Waals surface area contributed by atoms with E-state index in [1.807, 2.05) is 0 Å². The van der Waals surface area contributed by atoms with Gasteiger partial charge < -0.3 is 0 Å². The molecule has 0 aromatic rings. The zero-order valence-electron chi connectivity index (χ0n) is 9.71. The molecule has 0 bridgehead atoms. The molecule has 15 heavy (non-hydrogen) atoms. The van der Waals surface area contributed by atoms with Crippen LogP contribution in [0.3, 0.4) is 0 Å². The molecule has 0 rings (SSSR count). The largest absolute Gasteiger partial charge is 0.198 e. The maximum absolute atomic E-state index is 8.55. The van der Waals surface area contributed by atoms with Gasteiger partial charge in [0.25, 0.3) is 0 Å². The molecular formula is C12H21N2P. The van der Waals surface area contributed by atoms with Crippen LogP contribution in [0.25, 0.3) is 0 Å². The molecular weight excluding hydrogens is 203 g/mol. The van der Waals surface area contributed by atoms with Crippen LogP contribution in [0.1, 0.15) is 45.4 Å². The normalized spacial score (nSPS) is 11.7. The highest BCUT2D eigenvalue weighted by Gasteiger charge is 2.05. The number of rotatable bonds is 9. The van der Waals surface area contributed by atoms with Gasteiger partial charge in [0.15, 0.2) is 0 Å². The number of nitrogens with zero attached hydrogens (tertiary/aromatic N) is 2. The molecule has 2 nitrogen and oxygen atoms in total. The first-order chi connectivity index (χ1) is 7.35. The SMILES string of the molecule is CCCP(CCC#N)CCCCCC#N. The summed E-state index contributed by atoms with van der Waals surface area (Å²) in [6, 6.07) is 4.42. The predicted molar refractivity (Wildman–Crippen MR) is 66.1 cm³/mol. The summed E-state index contributed by atoms with van der Waals surface area (Å²) in [4.78, 5) is 0. The van der Waals surface area contributed by atoms with Crippen molar-refractivity contribution in [1.29, 1.82) is 10.5 Å². The van der Waals surface area contributed by atoms with E-state index in [9.17, 15) is 0 Å². The summed E-state index contributed by atoms with van der Waals surface area (Å²) in [5.74, 6) is 0. The van der Waals surface area contributed by atoms with Gasteiger partial charge in [0.2, 0.25) is 0 Å². The summed E-state index contributed by atoms with van der Waals surface area (Å²) in [5, 5.41) is 16.9. The Hall–Kier alpha value is -0.590. The summed E-state index contributed by atoms with van der Waals surface area (Å²) in [6.07, 6.45) is 9.89. The van der Waals surface area contributed by atoms with E-state index in [0.717, 1.165) is 19.0 Å². The van der Waals surface area contributed by atoms with Crippen molar-refractivity contribution < 1.29 is 0 Å². The third kappa shape index (κ3) is 9.71. The lowest BCUT2D eigenvalue weighted by atomic mass is 10.2. The summed E-state index contributed by atoms with van der Waals surface area (Å²) in [5.41, 5.74) is 0. The highest BCUT2D eigenvalue weighted by molar-refractivity contribution is 7.57. The van der Waals surface area contributed by atoms with E-state index < -0.39 is 0 Å². The van der Waals surface area contributed by atoms with Crippen LogP contribution in [0.2, 0.25) is 0 Å².